The summed E-state index contributed by atoms with van der Waals surface area (Å²) in [5.74, 6) is 0.822. The maximum absolute atomic E-state index is 12.5. The molecule has 0 fully saturated rings. The van der Waals surface area contributed by atoms with Crippen LogP contribution < -0.4 is 14.8 Å². The molecule has 0 bridgehead atoms. The van der Waals surface area contributed by atoms with E-state index in [-0.39, 0.29) is 24.8 Å². The molecule has 0 saturated heterocycles. The van der Waals surface area contributed by atoms with E-state index in [9.17, 15) is 9.59 Å². The fraction of sp³-hybridized carbons (Fsp3) is 0.300. The number of likely N-dealkylation sites (N-methyl/N-ethyl adjacent to an activating group) is 1. The molecule has 0 heterocycles. The second kappa shape index (κ2) is 8.89. The van der Waals surface area contributed by atoms with Crippen molar-refractivity contribution in [3.8, 4) is 11.5 Å². The second-order valence-electron chi connectivity index (χ2n) is 6.02. The lowest BCUT2D eigenvalue weighted by Crippen LogP contribution is -2.35. The Hall–Kier alpha value is -3.02. The van der Waals surface area contributed by atoms with Crippen molar-refractivity contribution in [2.75, 3.05) is 33.1 Å². The first-order chi connectivity index (χ1) is 12.4. The van der Waals surface area contributed by atoms with Gasteiger partial charge in [-0.3, -0.25) is 9.59 Å². The van der Waals surface area contributed by atoms with Gasteiger partial charge in [-0.05, 0) is 37.3 Å². The van der Waals surface area contributed by atoms with E-state index >= 15 is 0 Å². The third-order valence-corrected chi connectivity index (χ3v) is 3.97. The van der Waals surface area contributed by atoms with E-state index in [0.29, 0.717) is 22.7 Å². The number of aryl methyl sites for hydroxylation is 1. The minimum absolute atomic E-state index is 0.0288. The normalized spacial score (nSPS) is 10.2. The highest BCUT2D eigenvalue weighted by Crippen LogP contribution is 2.24. The lowest BCUT2D eigenvalue weighted by molar-refractivity contribution is -0.132. The number of benzene rings is 2. The van der Waals surface area contributed by atoms with E-state index in [0.717, 1.165) is 5.56 Å². The Balaban J connectivity index is 1.96. The zero-order valence-corrected chi connectivity index (χ0v) is 15.5. The number of hydrogen-bond donors (Lipinski definition) is 1. The van der Waals surface area contributed by atoms with Crippen LogP contribution in [0.2, 0.25) is 0 Å². The summed E-state index contributed by atoms with van der Waals surface area (Å²) in [6.45, 7) is 1.95. The number of nitrogens with one attached hydrogen (secondary N) is 1. The van der Waals surface area contributed by atoms with Gasteiger partial charge < -0.3 is 19.7 Å². The Bertz CT molecular complexity index is 772. The van der Waals surface area contributed by atoms with Crippen LogP contribution in [0.15, 0.2) is 42.5 Å². The smallest absolute Gasteiger partial charge is 0.243 e. The Morgan fingerprint density at radius 3 is 2.35 bits per heavy atom. The molecule has 0 saturated carbocycles. The predicted octanol–water partition coefficient (Wildman–Crippen LogP) is 2.65. The predicted molar refractivity (Wildman–Crippen MR) is 101 cm³/mol. The van der Waals surface area contributed by atoms with E-state index in [2.05, 4.69) is 5.32 Å². The molecule has 2 aromatic rings. The number of rotatable bonds is 7. The molecular formula is C20H24N2O4. The Morgan fingerprint density at radius 1 is 1.04 bits per heavy atom. The number of nitrogens with zero attached hydrogens (tertiary/aromatic N) is 1. The Morgan fingerprint density at radius 2 is 1.73 bits per heavy atom. The van der Waals surface area contributed by atoms with Gasteiger partial charge in [0.15, 0.2) is 0 Å². The summed E-state index contributed by atoms with van der Waals surface area (Å²) in [5.41, 5.74) is 2.53. The van der Waals surface area contributed by atoms with Gasteiger partial charge in [-0.2, -0.15) is 0 Å². The molecule has 0 atom stereocenters. The second-order valence-corrected chi connectivity index (χ2v) is 6.02. The molecule has 26 heavy (non-hydrogen) atoms. The lowest BCUT2D eigenvalue weighted by Gasteiger charge is -2.18. The first kappa shape index (κ1) is 19.3. The number of methoxy groups -OCH3 is 2. The number of ether oxygens (including phenoxy) is 2. The highest BCUT2D eigenvalue weighted by atomic mass is 16.5. The van der Waals surface area contributed by atoms with Gasteiger partial charge >= 0.3 is 0 Å². The third kappa shape index (κ3) is 5.24. The molecule has 2 rings (SSSR count). The van der Waals surface area contributed by atoms with Crippen LogP contribution >= 0.6 is 0 Å². The lowest BCUT2D eigenvalue weighted by atomic mass is 10.1. The first-order valence-electron chi connectivity index (χ1n) is 8.24. The van der Waals surface area contributed by atoms with Gasteiger partial charge in [-0.15, -0.1) is 0 Å². The summed E-state index contributed by atoms with van der Waals surface area (Å²) in [6, 6.07) is 12.8. The largest absolute Gasteiger partial charge is 0.497 e. The van der Waals surface area contributed by atoms with Crippen molar-refractivity contribution in [3.63, 3.8) is 0 Å². The number of amides is 2. The van der Waals surface area contributed by atoms with E-state index < -0.39 is 0 Å². The van der Waals surface area contributed by atoms with Crippen LogP contribution in [0.3, 0.4) is 0 Å². The molecule has 2 amide bonds. The fourth-order valence-corrected chi connectivity index (χ4v) is 2.46. The quantitative estimate of drug-likeness (QED) is 0.828. The SMILES string of the molecule is COc1ccc(OC)c(CC(=O)N(C)CC(=O)Nc2ccc(C)cc2)c1. The summed E-state index contributed by atoms with van der Waals surface area (Å²) >= 11 is 0. The molecule has 0 unspecified atom stereocenters. The topological polar surface area (TPSA) is 67.9 Å². The van der Waals surface area contributed by atoms with Gasteiger partial charge in [0.1, 0.15) is 11.5 Å². The van der Waals surface area contributed by atoms with Crippen LogP contribution in [0.1, 0.15) is 11.1 Å². The summed E-state index contributed by atoms with van der Waals surface area (Å²) in [4.78, 5) is 26.0. The standard InChI is InChI=1S/C20H24N2O4/c1-14-5-7-16(8-6-14)21-19(23)13-22(2)20(24)12-15-11-17(25-3)9-10-18(15)26-4/h5-11H,12-13H2,1-4H3,(H,21,23). The number of carbonyl (C=O) groups is 2. The molecular weight excluding hydrogens is 332 g/mol. The van der Waals surface area contributed by atoms with Gasteiger partial charge in [-0.1, -0.05) is 17.7 Å². The van der Waals surface area contributed by atoms with Crippen molar-refractivity contribution in [2.45, 2.75) is 13.3 Å². The van der Waals surface area contributed by atoms with Crippen LogP contribution in [0.25, 0.3) is 0 Å². The molecule has 0 aliphatic carbocycles. The van der Waals surface area contributed by atoms with E-state index in [1.165, 1.54) is 4.90 Å². The van der Waals surface area contributed by atoms with Gasteiger partial charge in [0, 0.05) is 18.3 Å². The summed E-state index contributed by atoms with van der Waals surface area (Å²) in [7, 11) is 4.72. The summed E-state index contributed by atoms with van der Waals surface area (Å²) in [6.07, 6.45) is 0.120. The average molecular weight is 356 g/mol. The van der Waals surface area contributed by atoms with Crippen LogP contribution in [0, 0.1) is 6.92 Å². The minimum Gasteiger partial charge on any atom is -0.497 e. The first-order valence-corrected chi connectivity index (χ1v) is 8.24. The average Bonchev–Trinajstić information content (AvgIpc) is 2.63. The summed E-state index contributed by atoms with van der Waals surface area (Å²) in [5, 5.41) is 2.78. The molecule has 0 spiro atoms. The monoisotopic (exact) mass is 356 g/mol. The van der Waals surface area contributed by atoms with Gasteiger partial charge in [0.05, 0.1) is 27.2 Å². The maximum atomic E-state index is 12.5. The van der Waals surface area contributed by atoms with E-state index in [1.807, 2.05) is 31.2 Å². The van der Waals surface area contributed by atoms with Crippen molar-refractivity contribution in [1.82, 2.24) is 4.90 Å². The van der Waals surface area contributed by atoms with Crippen LogP contribution in [-0.4, -0.2) is 44.5 Å². The summed E-state index contributed by atoms with van der Waals surface area (Å²) < 4.78 is 10.5. The number of anilines is 1. The van der Waals surface area contributed by atoms with Crippen molar-refractivity contribution >= 4 is 17.5 Å². The molecule has 0 aliphatic rings. The molecule has 0 aliphatic heterocycles. The van der Waals surface area contributed by atoms with Gasteiger partial charge in [0.25, 0.3) is 0 Å². The Labute approximate surface area is 153 Å². The molecule has 6 heteroatoms. The molecule has 0 aromatic heterocycles. The zero-order chi connectivity index (χ0) is 19.1. The maximum Gasteiger partial charge on any atom is 0.243 e. The number of carbonyl (C=O) groups excluding carboxylic acids is 2. The molecule has 0 radical (unpaired) electrons. The Kier molecular flexibility index (Phi) is 6.60. The van der Waals surface area contributed by atoms with Crippen LogP contribution in [-0.2, 0) is 16.0 Å². The number of hydrogen-bond acceptors (Lipinski definition) is 4. The molecule has 2 aromatic carbocycles. The van der Waals surface area contributed by atoms with Crippen molar-refractivity contribution < 1.29 is 19.1 Å². The highest BCUT2D eigenvalue weighted by Gasteiger charge is 2.16. The molecule has 138 valence electrons. The van der Waals surface area contributed by atoms with Crippen LogP contribution in [0.4, 0.5) is 5.69 Å². The van der Waals surface area contributed by atoms with Gasteiger partial charge in [-0.25, -0.2) is 0 Å². The van der Waals surface area contributed by atoms with Crippen molar-refractivity contribution in [3.05, 3.63) is 53.6 Å². The zero-order valence-electron chi connectivity index (χ0n) is 15.5. The van der Waals surface area contributed by atoms with Crippen LogP contribution in [0.5, 0.6) is 11.5 Å². The van der Waals surface area contributed by atoms with Gasteiger partial charge in [0.2, 0.25) is 11.8 Å². The molecule has 6 nitrogen and oxygen atoms in total. The van der Waals surface area contributed by atoms with E-state index in [4.69, 9.17) is 9.47 Å². The minimum atomic E-state index is -0.248. The highest BCUT2D eigenvalue weighted by molar-refractivity contribution is 5.94. The molecule has 1 N–H and O–H groups in total. The third-order valence-electron chi connectivity index (χ3n) is 3.97. The van der Waals surface area contributed by atoms with E-state index in [1.54, 1.807) is 39.5 Å². The fourth-order valence-electron chi connectivity index (χ4n) is 2.46. The van der Waals surface area contributed by atoms with Crippen molar-refractivity contribution in [2.24, 2.45) is 0 Å². The van der Waals surface area contributed by atoms with Crippen molar-refractivity contribution in [1.29, 1.82) is 0 Å².